The van der Waals surface area contributed by atoms with E-state index >= 15 is 0 Å². The fourth-order valence-corrected chi connectivity index (χ4v) is 2.15. The van der Waals surface area contributed by atoms with E-state index in [9.17, 15) is 0 Å². The molecule has 21 heavy (non-hydrogen) atoms. The van der Waals surface area contributed by atoms with E-state index in [1.807, 2.05) is 24.3 Å². The van der Waals surface area contributed by atoms with Crippen molar-refractivity contribution in [3.05, 3.63) is 30.0 Å². The predicted octanol–water partition coefficient (Wildman–Crippen LogP) is 4.16. The Labute approximate surface area is 126 Å². The number of hydrogen-bond acceptors (Lipinski definition) is 4. The summed E-state index contributed by atoms with van der Waals surface area (Å²) in [5.41, 5.74) is 8.76. The lowest BCUT2D eigenvalue weighted by molar-refractivity contribution is 0.271. The lowest BCUT2D eigenvalue weighted by Crippen LogP contribution is -2.04. The van der Waals surface area contributed by atoms with Crippen molar-refractivity contribution >= 4 is 5.88 Å². The van der Waals surface area contributed by atoms with Crippen LogP contribution in [0.2, 0.25) is 0 Å². The number of nitrogens with two attached hydrogens (primary N) is 1. The topological polar surface area (TPSA) is 61.3 Å². The van der Waals surface area contributed by atoms with E-state index in [-0.39, 0.29) is 0 Å². The zero-order chi connectivity index (χ0) is 15.4. The van der Waals surface area contributed by atoms with E-state index in [2.05, 4.69) is 32.9 Å². The van der Waals surface area contributed by atoms with Crippen molar-refractivity contribution in [1.29, 1.82) is 0 Å². The standard InChI is InChI=1S/C17H24N2O2/c1-11(2)9-15-16(17(18)21-19-15)13-5-7-14(8-6-13)20-10-12(3)4/h5-8,11-12H,9-10,18H2,1-4H3. The number of nitrogen functional groups attached to an aromatic ring is 1. The van der Waals surface area contributed by atoms with Gasteiger partial charge in [0.25, 0.3) is 0 Å². The van der Waals surface area contributed by atoms with Gasteiger partial charge in [-0.1, -0.05) is 45.0 Å². The highest BCUT2D eigenvalue weighted by Crippen LogP contribution is 2.32. The first kappa shape index (κ1) is 15.4. The molecule has 0 saturated carbocycles. The molecule has 0 saturated heterocycles. The number of ether oxygens (including phenoxy) is 1. The summed E-state index contributed by atoms with van der Waals surface area (Å²) in [6.07, 6.45) is 0.849. The highest BCUT2D eigenvalue weighted by molar-refractivity contribution is 5.75. The molecule has 0 aliphatic heterocycles. The molecule has 4 nitrogen and oxygen atoms in total. The van der Waals surface area contributed by atoms with Crippen molar-refractivity contribution in [2.45, 2.75) is 34.1 Å². The summed E-state index contributed by atoms with van der Waals surface area (Å²) < 4.78 is 10.9. The number of aromatic nitrogens is 1. The molecule has 1 heterocycles. The molecule has 2 aromatic rings. The monoisotopic (exact) mass is 288 g/mol. The summed E-state index contributed by atoms with van der Waals surface area (Å²) in [4.78, 5) is 0. The first-order chi connectivity index (χ1) is 9.97. The van der Waals surface area contributed by atoms with Crippen molar-refractivity contribution in [3.63, 3.8) is 0 Å². The largest absolute Gasteiger partial charge is 0.493 e. The van der Waals surface area contributed by atoms with Gasteiger partial charge in [-0.25, -0.2) is 0 Å². The van der Waals surface area contributed by atoms with Crippen LogP contribution in [-0.2, 0) is 6.42 Å². The third-order valence-corrected chi connectivity index (χ3v) is 3.12. The predicted molar refractivity (Wildman–Crippen MR) is 85.2 cm³/mol. The number of rotatable bonds is 6. The first-order valence-electron chi connectivity index (χ1n) is 7.44. The fraction of sp³-hybridized carbons (Fsp3) is 0.471. The van der Waals surface area contributed by atoms with Gasteiger partial charge in [-0.2, -0.15) is 0 Å². The van der Waals surface area contributed by atoms with Gasteiger partial charge >= 0.3 is 0 Å². The molecule has 2 rings (SSSR count). The Hall–Kier alpha value is -1.97. The van der Waals surface area contributed by atoms with Gasteiger partial charge in [0.05, 0.1) is 17.9 Å². The quantitative estimate of drug-likeness (QED) is 0.867. The maximum Gasteiger partial charge on any atom is 0.230 e. The molecular weight excluding hydrogens is 264 g/mol. The Morgan fingerprint density at radius 2 is 1.76 bits per heavy atom. The Kier molecular flexibility index (Phi) is 4.89. The third kappa shape index (κ3) is 4.00. The van der Waals surface area contributed by atoms with Crippen LogP contribution in [0.5, 0.6) is 5.75 Å². The van der Waals surface area contributed by atoms with E-state index in [1.54, 1.807) is 0 Å². The van der Waals surface area contributed by atoms with Crippen LogP contribution in [0.4, 0.5) is 5.88 Å². The molecule has 0 aliphatic rings. The molecule has 0 radical (unpaired) electrons. The average molecular weight is 288 g/mol. The van der Waals surface area contributed by atoms with Crippen LogP contribution in [0.15, 0.2) is 28.8 Å². The molecule has 4 heteroatoms. The van der Waals surface area contributed by atoms with Crippen LogP contribution in [0.3, 0.4) is 0 Å². The lowest BCUT2D eigenvalue weighted by Gasteiger charge is -2.09. The summed E-state index contributed by atoms with van der Waals surface area (Å²) in [7, 11) is 0. The first-order valence-corrected chi connectivity index (χ1v) is 7.44. The van der Waals surface area contributed by atoms with E-state index in [0.29, 0.717) is 24.3 Å². The second-order valence-electron chi connectivity index (χ2n) is 6.20. The number of benzene rings is 1. The molecule has 0 unspecified atom stereocenters. The SMILES string of the molecule is CC(C)COc1ccc(-c2c(CC(C)C)noc2N)cc1. The van der Waals surface area contributed by atoms with E-state index in [4.69, 9.17) is 15.0 Å². The smallest absolute Gasteiger partial charge is 0.230 e. The maximum atomic E-state index is 5.93. The molecule has 0 spiro atoms. The van der Waals surface area contributed by atoms with Crippen molar-refractivity contribution in [2.75, 3.05) is 12.3 Å². The third-order valence-electron chi connectivity index (χ3n) is 3.12. The second kappa shape index (κ2) is 6.66. The van der Waals surface area contributed by atoms with Crippen LogP contribution in [0.25, 0.3) is 11.1 Å². The molecule has 1 aromatic heterocycles. The van der Waals surface area contributed by atoms with Crippen molar-refractivity contribution in [2.24, 2.45) is 11.8 Å². The molecule has 114 valence electrons. The maximum absolute atomic E-state index is 5.93. The van der Waals surface area contributed by atoms with Gasteiger partial charge in [0.15, 0.2) is 0 Å². The van der Waals surface area contributed by atoms with Gasteiger partial charge in [-0.3, -0.25) is 0 Å². The van der Waals surface area contributed by atoms with E-state index < -0.39 is 0 Å². The number of hydrogen-bond donors (Lipinski definition) is 1. The van der Waals surface area contributed by atoms with Gasteiger partial charge < -0.3 is 15.0 Å². The summed E-state index contributed by atoms with van der Waals surface area (Å²) in [5.74, 6) is 2.26. The summed E-state index contributed by atoms with van der Waals surface area (Å²) >= 11 is 0. The number of anilines is 1. The van der Waals surface area contributed by atoms with E-state index in [1.165, 1.54) is 0 Å². The fourth-order valence-electron chi connectivity index (χ4n) is 2.15. The number of nitrogens with zero attached hydrogens (tertiary/aromatic N) is 1. The minimum absolute atomic E-state index is 0.376. The van der Waals surface area contributed by atoms with Gasteiger partial charge in [0, 0.05) is 0 Å². The Balaban J connectivity index is 2.20. The van der Waals surface area contributed by atoms with E-state index in [0.717, 1.165) is 29.0 Å². The highest BCUT2D eigenvalue weighted by Gasteiger charge is 2.16. The normalized spacial score (nSPS) is 11.3. The summed E-state index contributed by atoms with van der Waals surface area (Å²) in [6, 6.07) is 7.93. The van der Waals surface area contributed by atoms with Gasteiger partial charge in [-0.15, -0.1) is 0 Å². The average Bonchev–Trinajstić information content (AvgIpc) is 2.77. The second-order valence-corrected chi connectivity index (χ2v) is 6.20. The summed E-state index contributed by atoms with van der Waals surface area (Å²) in [6.45, 7) is 9.27. The molecule has 0 amide bonds. The van der Waals surface area contributed by atoms with Gasteiger partial charge in [0.2, 0.25) is 5.88 Å². The van der Waals surface area contributed by atoms with Crippen molar-refractivity contribution < 1.29 is 9.26 Å². The van der Waals surface area contributed by atoms with Crippen LogP contribution in [-0.4, -0.2) is 11.8 Å². The molecular formula is C17H24N2O2. The van der Waals surface area contributed by atoms with Crippen LogP contribution in [0.1, 0.15) is 33.4 Å². The molecule has 0 fully saturated rings. The highest BCUT2D eigenvalue weighted by atomic mass is 16.5. The zero-order valence-corrected chi connectivity index (χ0v) is 13.2. The molecule has 0 bridgehead atoms. The molecule has 1 aromatic carbocycles. The van der Waals surface area contributed by atoms with Crippen LogP contribution >= 0.6 is 0 Å². The Morgan fingerprint density at radius 3 is 2.33 bits per heavy atom. The summed E-state index contributed by atoms with van der Waals surface area (Å²) in [5, 5.41) is 4.08. The van der Waals surface area contributed by atoms with Crippen molar-refractivity contribution in [1.82, 2.24) is 5.16 Å². The molecule has 0 atom stereocenters. The minimum atomic E-state index is 0.376. The van der Waals surface area contributed by atoms with Crippen LogP contribution in [0, 0.1) is 11.8 Å². The lowest BCUT2D eigenvalue weighted by atomic mass is 9.99. The minimum Gasteiger partial charge on any atom is -0.493 e. The Morgan fingerprint density at radius 1 is 1.10 bits per heavy atom. The Bertz CT molecular complexity index is 571. The van der Waals surface area contributed by atoms with Crippen LogP contribution < -0.4 is 10.5 Å². The zero-order valence-electron chi connectivity index (χ0n) is 13.2. The van der Waals surface area contributed by atoms with Gasteiger partial charge in [0.1, 0.15) is 5.75 Å². The van der Waals surface area contributed by atoms with Crippen molar-refractivity contribution in [3.8, 4) is 16.9 Å². The van der Waals surface area contributed by atoms with Gasteiger partial charge in [-0.05, 0) is 36.0 Å². The molecule has 2 N–H and O–H groups in total. The molecule has 0 aliphatic carbocycles.